The Bertz CT molecular complexity index is 749. The molecular formula is C20H28ClIN4OS. The molecule has 1 aliphatic rings. The molecule has 0 spiro atoms. The van der Waals surface area contributed by atoms with Crippen molar-refractivity contribution in [1.29, 1.82) is 0 Å². The third kappa shape index (κ3) is 6.79. The molecule has 0 amide bonds. The van der Waals surface area contributed by atoms with Crippen LogP contribution < -0.4 is 15.4 Å². The van der Waals surface area contributed by atoms with Gasteiger partial charge in [0.2, 0.25) is 0 Å². The summed E-state index contributed by atoms with van der Waals surface area (Å²) in [6.07, 6.45) is 2.24. The van der Waals surface area contributed by atoms with Crippen molar-refractivity contribution in [2.24, 2.45) is 4.99 Å². The van der Waals surface area contributed by atoms with Crippen LogP contribution in [0.3, 0.4) is 0 Å². The van der Waals surface area contributed by atoms with E-state index in [1.54, 1.807) is 25.5 Å². The van der Waals surface area contributed by atoms with Crippen LogP contribution in [0, 0.1) is 0 Å². The SMILES string of the molecule is CN=C(NCc1ccc(Cl)cc1OC)NC1CCN(Cc2ccsc2)CC1.I. The minimum Gasteiger partial charge on any atom is -0.496 e. The summed E-state index contributed by atoms with van der Waals surface area (Å²) in [6, 6.07) is 8.34. The number of nitrogens with one attached hydrogen (secondary N) is 2. The number of rotatable bonds is 6. The molecule has 1 aliphatic heterocycles. The number of aliphatic imine (C=N–C) groups is 1. The van der Waals surface area contributed by atoms with E-state index in [4.69, 9.17) is 16.3 Å². The molecule has 28 heavy (non-hydrogen) atoms. The predicted molar refractivity (Wildman–Crippen MR) is 129 cm³/mol. The quantitative estimate of drug-likeness (QED) is 0.329. The number of methoxy groups -OCH3 is 1. The second-order valence-electron chi connectivity index (χ2n) is 6.71. The van der Waals surface area contributed by atoms with Crippen molar-refractivity contribution in [1.82, 2.24) is 15.5 Å². The Kier molecular flexibility index (Phi) is 9.84. The molecule has 5 nitrogen and oxygen atoms in total. The molecule has 154 valence electrons. The van der Waals surface area contributed by atoms with Crippen molar-refractivity contribution in [2.75, 3.05) is 27.2 Å². The summed E-state index contributed by atoms with van der Waals surface area (Å²) in [5, 5.41) is 12.0. The molecule has 2 heterocycles. The first kappa shape index (κ1) is 23.3. The monoisotopic (exact) mass is 534 g/mol. The van der Waals surface area contributed by atoms with Gasteiger partial charge in [0.1, 0.15) is 5.75 Å². The average Bonchev–Trinajstić information content (AvgIpc) is 3.20. The first-order valence-electron chi connectivity index (χ1n) is 9.21. The van der Waals surface area contributed by atoms with Gasteiger partial charge in [-0.2, -0.15) is 11.3 Å². The van der Waals surface area contributed by atoms with Crippen LogP contribution in [0.5, 0.6) is 5.75 Å². The predicted octanol–water partition coefficient (Wildman–Crippen LogP) is 4.36. The number of ether oxygens (including phenoxy) is 1. The van der Waals surface area contributed by atoms with Gasteiger partial charge < -0.3 is 15.4 Å². The topological polar surface area (TPSA) is 48.9 Å². The van der Waals surface area contributed by atoms with E-state index in [1.165, 1.54) is 5.56 Å². The van der Waals surface area contributed by atoms with Crippen LogP contribution in [-0.4, -0.2) is 44.1 Å². The summed E-state index contributed by atoms with van der Waals surface area (Å²) in [4.78, 5) is 6.89. The molecule has 0 saturated carbocycles. The maximum Gasteiger partial charge on any atom is 0.191 e. The van der Waals surface area contributed by atoms with E-state index in [9.17, 15) is 0 Å². The highest BCUT2D eigenvalue weighted by Gasteiger charge is 2.20. The number of hydrogen-bond donors (Lipinski definition) is 2. The molecule has 0 atom stereocenters. The molecule has 1 saturated heterocycles. The molecule has 0 radical (unpaired) electrons. The Morgan fingerprint density at radius 3 is 2.75 bits per heavy atom. The summed E-state index contributed by atoms with van der Waals surface area (Å²) < 4.78 is 5.41. The minimum atomic E-state index is 0. The molecular weight excluding hydrogens is 507 g/mol. The fraction of sp³-hybridized carbons (Fsp3) is 0.450. The van der Waals surface area contributed by atoms with Crippen LogP contribution in [0.15, 0.2) is 40.0 Å². The summed E-state index contributed by atoms with van der Waals surface area (Å²) >= 11 is 7.80. The molecule has 1 aromatic heterocycles. The lowest BCUT2D eigenvalue weighted by Gasteiger charge is -2.33. The van der Waals surface area contributed by atoms with E-state index in [0.29, 0.717) is 17.6 Å². The third-order valence-electron chi connectivity index (χ3n) is 4.83. The van der Waals surface area contributed by atoms with E-state index in [-0.39, 0.29) is 24.0 Å². The van der Waals surface area contributed by atoms with Crippen LogP contribution in [0.25, 0.3) is 0 Å². The number of thiophene rings is 1. The van der Waals surface area contributed by atoms with Crippen molar-refractivity contribution in [3.63, 3.8) is 0 Å². The lowest BCUT2D eigenvalue weighted by molar-refractivity contribution is 0.198. The fourth-order valence-corrected chi connectivity index (χ4v) is 4.13. The van der Waals surface area contributed by atoms with E-state index in [0.717, 1.165) is 49.7 Å². The van der Waals surface area contributed by atoms with Crippen LogP contribution in [-0.2, 0) is 13.1 Å². The standard InChI is InChI=1S/C20H27ClN4OS.HI/c1-22-20(23-12-16-3-4-17(21)11-19(16)26-2)24-18-5-8-25(9-6-18)13-15-7-10-27-14-15;/h3-4,7,10-11,14,18H,5-6,8-9,12-13H2,1-2H3,(H2,22,23,24);1H. The Balaban J connectivity index is 0.00000280. The number of hydrogen-bond acceptors (Lipinski definition) is 4. The van der Waals surface area contributed by atoms with Crippen molar-refractivity contribution in [3.05, 3.63) is 51.2 Å². The van der Waals surface area contributed by atoms with E-state index >= 15 is 0 Å². The van der Waals surface area contributed by atoms with Gasteiger partial charge >= 0.3 is 0 Å². The highest BCUT2D eigenvalue weighted by Crippen LogP contribution is 2.23. The van der Waals surface area contributed by atoms with Gasteiger partial charge in [0, 0.05) is 49.9 Å². The number of halogens is 2. The van der Waals surface area contributed by atoms with Gasteiger partial charge in [-0.1, -0.05) is 17.7 Å². The molecule has 0 unspecified atom stereocenters. The van der Waals surface area contributed by atoms with Gasteiger partial charge in [0.15, 0.2) is 5.96 Å². The lowest BCUT2D eigenvalue weighted by Crippen LogP contribution is -2.48. The largest absolute Gasteiger partial charge is 0.496 e. The summed E-state index contributed by atoms with van der Waals surface area (Å²) in [7, 11) is 3.46. The third-order valence-corrected chi connectivity index (χ3v) is 5.80. The zero-order valence-corrected chi connectivity index (χ0v) is 20.2. The number of guanidine groups is 1. The van der Waals surface area contributed by atoms with E-state index in [2.05, 4.69) is 37.4 Å². The Hall–Kier alpha value is -1.03. The van der Waals surface area contributed by atoms with E-state index in [1.807, 2.05) is 18.2 Å². The molecule has 2 aromatic rings. The fourth-order valence-electron chi connectivity index (χ4n) is 3.31. The second kappa shape index (κ2) is 11.8. The normalized spacial score (nSPS) is 15.8. The molecule has 2 N–H and O–H groups in total. The Labute approximate surface area is 193 Å². The average molecular weight is 535 g/mol. The van der Waals surface area contributed by atoms with Crippen LogP contribution in [0.2, 0.25) is 5.02 Å². The summed E-state index contributed by atoms with van der Waals surface area (Å²) in [5.74, 6) is 1.61. The highest BCUT2D eigenvalue weighted by molar-refractivity contribution is 14.0. The number of piperidine rings is 1. The number of benzene rings is 1. The van der Waals surface area contributed by atoms with Gasteiger partial charge in [-0.3, -0.25) is 9.89 Å². The molecule has 1 fully saturated rings. The van der Waals surface area contributed by atoms with Crippen LogP contribution >= 0.6 is 46.9 Å². The summed E-state index contributed by atoms with van der Waals surface area (Å²) in [5.41, 5.74) is 2.47. The number of nitrogens with zero attached hydrogens (tertiary/aromatic N) is 2. The molecule has 0 aliphatic carbocycles. The second-order valence-corrected chi connectivity index (χ2v) is 7.92. The smallest absolute Gasteiger partial charge is 0.191 e. The molecule has 1 aromatic carbocycles. The van der Waals surface area contributed by atoms with E-state index < -0.39 is 0 Å². The van der Waals surface area contributed by atoms with Gasteiger partial charge in [-0.15, -0.1) is 24.0 Å². The van der Waals surface area contributed by atoms with Gasteiger partial charge in [-0.25, -0.2) is 0 Å². The molecule has 8 heteroatoms. The minimum absolute atomic E-state index is 0. The van der Waals surface area contributed by atoms with Crippen molar-refractivity contribution in [2.45, 2.75) is 32.0 Å². The first-order valence-corrected chi connectivity index (χ1v) is 10.5. The lowest BCUT2D eigenvalue weighted by atomic mass is 10.0. The highest BCUT2D eigenvalue weighted by atomic mass is 127. The maximum atomic E-state index is 6.03. The van der Waals surface area contributed by atoms with Crippen molar-refractivity contribution < 1.29 is 4.74 Å². The van der Waals surface area contributed by atoms with Crippen LogP contribution in [0.4, 0.5) is 0 Å². The first-order chi connectivity index (χ1) is 13.2. The van der Waals surface area contributed by atoms with Gasteiger partial charge in [0.05, 0.1) is 7.11 Å². The maximum absolute atomic E-state index is 6.03. The van der Waals surface area contributed by atoms with Crippen LogP contribution in [0.1, 0.15) is 24.0 Å². The molecule has 0 bridgehead atoms. The van der Waals surface area contributed by atoms with Crippen molar-refractivity contribution in [3.8, 4) is 5.75 Å². The van der Waals surface area contributed by atoms with Crippen molar-refractivity contribution >= 4 is 52.9 Å². The Morgan fingerprint density at radius 1 is 1.32 bits per heavy atom. The number of likely N-dealkylation sites (tertiary alicyclic amines) is 1. The van der Waals surface area contributed by atoms with Gasteiger partial charge in [-0.05, 0) is 47.4 Å². The Morgan fingerprint density at radius 2 is 2.11 bits per heavy atom. The summed E-state index contributed by atoms with van der Waals surface area (Å²) in [6.45, 7) is 3.90. The molecule has 3 rings (SSSR count). The zero-order chi connectivity index (χ0) is 19.1. The van der Waals surface area contributed by atoms with Gasteiger partial charge in [0.25, 0.3) is 0 Å². The zero-order valence-electron chi connectivity index (χ0n) is 16.3.